The van der Waals surface area contributed by atoms with Gasteiger partial charge in [-0.3, -0.25) is 10.1 Å². The minimum atomic E-state index is -1.06. The van der Waals surface area contributed by atoms with Crippen LogP contribution < -0.4 is 10.6 Å². The normalized spacial score (nSPS) is 9.92. The van der Waals surface area contributed by atoms with E-state index >= 15 is 0 Å². The fourth-order valence-electron chi connectivity index (χ4n) is 1.71. The molecule has 0 radical (unpaired) electrons. The molecular weight excluding hydrogens is 339 g/mol. The number of anilines is 1. The Labute approximate surface area is 141 Å². The molecule has 2 aromatic carbocycles. The summed E-state index contributed by atoms with van der Waals surface area (Å²) >= 11 is 5.66. The molecule has 2 rings (SSSR count). The monoisotopic (exact) mass is 350 g/mol. The summed E-state index contributed by atoms with van der Waals surface area (Å²) in [5.74, 6) is -2.75. The quantitative estimate of drug-likeness (QED) is 0.830. The highest BCUT2D eigenvalue weighted by Gasteiger charge is 2.16. The predicted molar refractivity (Wildman–Crippen MR) is 85.3 cm³/mol. The lowest BCUT2D eigenvalue weighted by Crippen LogP contribution is -2.37. The van der Waals surface area contributed by atoms with Crippen LogP contribution in [0.3, 0.4) is 0 Å². The van der Waals surface area contributed by atoms with Gasteiger partial charge in [-0.25, -0.2) is 14.0 Å². The first-order chi connectivity index (χ1) is 11.5. The number of carbonyl (C=O) groups is 3. The molecule has 0 bridgehead atoms. The van der Waals surface area contributed by atoms with E-state index < -0.39 is 35.9 Å². The number of hydrogen-bond donors (Lipinski definition) is 2. The van der Waals surface area contributed by atoms with E-state index in [1.807, 2.05) is 5.32 Å². The zero-order chi connectivity index (χ0) is 17.5. The average molecular weight is 351 g/mol. The molecule has 0 aliphatic rings. The van der Waals surface area contributed by atoms with Crippen LogP contribution in [-0.4, -0.2) is 24.5 Å². The number of ether oxygens (including phenoxy) is 1. The number of benzene rings is 2. The molecule has 0 saturated heterocycles. The van der Waals surface area contributed by atoms with Crippen molar-refractivity contribution in [2.24, 2.45) is 0 Å². The van der Waals surface area contributed by atoms with Crippen LogP contribution in [0.5, 0.6) is 0 Å². The smallest absolute Gasteiger partial charge is 0.341 e. The number of nitrogens with one attached hydrogen (secondary N) is 2. The van der Waals surface area contributed by atoms with Gasteiger partial charge in [-0.05, 0) is 30.3 Å². The number of rotatable bonds is 4. The molecule has 0 aliphatic heterocycles. The van der Waals surface area contributed by atoms with Gasteiger partial charge >= 0.3 is 12.0 Å². The predicted octanol–water partition coefficient (Wildman–Crippen LogP) is 2.98. The van der Waals surface area contributed by atoms with Crippen LogP contribution in [0.4, 0.5) is 14.9 Å². The van der Waals surface area contributed by atoms with Crippen molar-refractivity contribution in [1.82, 2.24) is 5.32 Å². The topological polar surface area (TPSA) is 84.5 Å². The Balaban J connectivity index is 1.83. The third-order valence-corrected chi connectivity index (χ3v) is 3.00. The Kier molecular flexibility index (Phi) is 5.86. The second-order valence-electron chi connectivity index (χ2n) is 4.57. The van der Waals surface area contributed by atoms with Crippen LogP contribution in [-0.2, 0) is 9.53 Å². The molecule has 0 aliphatic carbocycles. The van der Waals surface area contributed by atoms with Gasteiger partial charge in [0.1, 0.15) is 5.82 Å². The van der Waals surface area contributed by atoms with E-state index in [0.29, 0.717) is 5.69 Å². The lowest BCUT2D eigenvalue weighted by atomic mass is 10.2. The molecule has 24 heavy (non-hydrogen) atoms. The lowest BCUT2D eigenvalue weighted by molar-refractivity contribution is -0.123. The van der Waals surface area contributed by atoms with Crippen LogP contribution in [0.1, 0.15) is 10.4 Å². The van der Waals surface area contributed by atoms with Gasteiger partial charge in [0.05, 0.1) is 5.56 Å². The largest absolute Gasteiger partial charge is 0.452 e. The summed E-state index contributed by atoms with van der Waals surface area (Å²) in [5, 5.41) is 4.54. The maximum absolute atomic E-state index is 13.5. The van der Waals surface area contributed by atoms with Crippen molar-refractivity contribution in [3.63, 3.8) is 0 Å². The van der Waals surface area contributed by atoms with Gasteiger partial charge in [-0.15, -0.1) is 0 Å². The van der Waals surface area contributed by atoms with Crippen LogP contribution in [0.25, 0.3) is 0 Å². The molecule has 6 nitrogen and oxygen atoms in total. The number of imide groups is 1. The van der Waals surface area contributed by atoms with Crippen LogP contribution >= 0.6 is 11.6 Å². The lowest BCUT2D eigenvalue weighted by Gasteiger charge is -2.08. The van der Waals surface area contributed by atoms with E-state index in [0.717, 1.165) is 12.1 Å². The van der Waals surface area contributed by atoms with Crippen LogP contribution in [0, 0.1) is 5.82 Å². The Bertz CT molecular complexity index is 768. The summed E-state index contributed by atoms with van der Waals surface area (Å²) in [6, 6.07) is 11.0. The summed E-state index contributed by atoms with van der Waals surface area (Å²) in [6.07, 6.45) is 0. The second-order valence-corrected chi connectivity index (χ2v) is 5.01. The third-order valence-electron chi connectivity index (χ3n) is 2.77. The highest BCUT2D eigenvalue weighted by molar-refractivity contribution is 6.30. The van der Waals surface area contributed by atoms with Crippen LogP contribution in [0.15, 0.2) is 48.5 Å². The van der Waals surface area contributed by atoms with Crippen molar-refractivity contribution in [3.05, 3.63) is 64.9 Å². The first kappa shape index (κ1) is 17.4. The number of esters is 1. The molecule has 0 heterocycles. The Morgan fingerprint density at radius 3 is 2.50 bits per heavy atom. The summed E-state index contributed by atoms with van der Waals surface area (Å²) in [7, 11) is 0. The summed E-state index contributed by atoms with van der Waals surface area (Å²) < 4.78 is 18.1. The number of amides is 3. The maximum Gasteiger partial charge on any atom is 0.341 e. The van der Waals surface area contributed by atoms with Crippen molar-refractivity contribution < 1.29 is 23.5 Å². The van der Waals surface area contributed by atoms with Crippen molar-refractivity contribution in [1.29, 1.82) is 0 Å². The number of carbonyl (C=O) groups excluding carboxylic acids is 3. The van der Waals surface area contributed by atoms with Gasteiger partial charge in [-0.1, -0.05) is 29.8 Å². The molecule has 3 amide bonds. The second kappa shape index (κ2) is 8.07. The highest BCUT2D eigenvalue weighted by Crippen LogP contribution is 2.15. The van der Waals surface area contributed by atoms with Crippen LogP contribution in [0.2, 0.25) is 5.02 Å². The van der Waals surface area contributed by atoms with Crippen molar-refractivity contribution in [2.45, 2.75) is 0 Å². The Morgan fingerprint density at radius 2 is 1.79 bits per heavy atom. The van der Waals surface area contributed by atoms with Gasteiger partial charge in [0, 0.05) is 10.7 Å². The molecule has 8 heteroatoms. The zero-order valence-corrected chi connectivity index (χ0v) is 13.0. The molecule has 0 unspecified atom stereocenters. The molecule has 0 fully saturated rings. The minimum Gasteiger partial charge on any atom is -0.452 e. The third kappa shape index (κ3) is 5.06. The fraction of sp³-hybridized carbons (Fsp3) is 0.0625. The van der Waals surface area contributed by atoms with Gasteiger partial charge in [0.15, 0.2) is 6.61 Å². The van der Waals surface area contributed by atoms with Gasteiger partial charge in [0.2, 0.25) is 0 Å². The molecule has 124 valence electrons. The average Bonchev–Trinajstić information content (AvgIpc) is 2.55. The first-order valence-corrected chi connectivity index (χ1v) is 7.11. The van der Waals surface area contributed by atoms with E-state index in [1.165, 1.54) is 6.07 Å². The SMILES string of the molecule is O=C(COC(=O)c1cc(Cl)ccc1F)NC(=O)Nc1ccccc1. The summed E-state index contributed by atoms with van der Waals surface area (Å²) in [6.45, 7) is -0.743. The van der Waals surface area contributed by atoms with Crippen molar-refractivity contribution in [2.75, 3.05) is 11.9 Å². The zero-order valence-electron chi connectivity index (χ0n) is 12.2. The fourth-order valence-corrected chi connectivity index (χ4v) is 1.88. The van der Waals surface area contributed by atoms with Gasteiger partial charge in [0.25, 0.3) is 5.91 Å². The van der Waals surface area contributed by atoms with E-state index in [1.54, 1.807) is 30.3 Å². The summed E-state index contributed by atoms with van der Waals surface area (Å²) in [5.41, 5.74) is 0.0878. The van der Waals surface area contributed by atoms with E-state index in [4.69, 9.17) is 11.6 Å². The Morgan fingerprint density at radius 1 is 1.08 bits per heavy atom. The molecule has 2 aromatic rings. The maximum atomic E-state index is 13.5. The Hall–Kier alpha value is -2.93. The standard InChI is InChI=1S/C16H12ClFN2O4/c17-10-6-7-13(18)12(8-10)15(22)24-9-14(21)20-16(23)19-11-4-2-1-3-5-11/h1-8H,9H2,(H2,19,20,21,23). The number of halogens is 2. The molecular formula is C16H12ClFN2O4. The number of urea groups is 1. The molecule has 0 atom stereocenters. The van der Waals surface area contributed by atoms with E-state index in [9.17, 15) is 18.8 Å². The molecule has 0 saturated carbocycles. The van der Waals surface area contributed by atoms with Gasteiger partial charge in [-0.2, -0.15) is 0 Å². The van der Waals surface area contributed by atoms with E-state index in [2.05, 4.69) is 10.1 Å². The molecule has 0 aromatic heterocycles. The number of para-hydroxylation sites is 1. The first-order valence-electron chi connectivity index (χ1n) is 6.74. The molecule has 0 spiro atoms. The van der Waals surface area contributed by atoms with Crippen molar-refractivity contribution in [3.8, 4) is 0 Å². The van der Waals surface area contributed by atoms with Crippen molar-refractivity contribution >= 4 is 35.2 Å². The molecule has 2 N–H and O–H groups in total. The minimum absolute atomic E-state index is 0.148. The van der Waals surface area contributed by atoms with Gasteiger partial charge < -0.3 is 10.1 Å². The highest BCUT2D eigenvalue weighted by atomic mass is 35.5. The number of hydrogen-bond acceptors (Lipinski definition) is 4. The van der Waals surface area contributed by atoms with E-state index in [-0.39, 0.29) is 5.02 Å². The summed E-state index contributed by atoms with van der Waals surface area (Å²) in [4.78, 5) is 34.8.